The summed E-state index contributed by atoms with van der Waals surface area (Å²) < 4.78 is 43.8. The van der Waals surface area contributed by atoms with Gasteiger partial charge in [-0.2, -0.15) is 0 Å². The zero-order valence-electron chi connectivity index (χ0n) is 22.5. The molecule has 0 aliphatic heterocycles. The van der Waals surface area contributed by atoms with Crippen molar-refractivity contribution >= 4 is 17.5 Å². The minimum Gasteiger partial charge on any atom is -0.504 e. The Kier molecular flexibility index (Phi) is 7.74. The Bertz CT molecular complexity index is 1410. The highest BCUT2D eigenvalue weighted by atomic mass is 19.4. The Morgan fingerprint density at radius 3 is 2.05 bits per heavy atom. The standard InChI is InChI=1S/C30H31F3N2O5/c1-17(2)35(18(3)4)27(38)20-7-5-19(6-8-20)23-16-22(10-12-26(23)40-30(31,32)33)34-28(39)29(13-14-29)21-9-11-24(36)25(37)15-21/h5-12,15-18,36-37H,13-14H2,1-4H3,(H,34,39). The van der Waals surface area contributed by atoms with Crippen LogP contribution in [0.4, 0.5) is 18.9 Å². The molecule has 0 unspecified atom stereocenters. The Labute approximate surface area is 230 Å². The first-order chi connectivity index (χ1) is 18.7. The fourth-order valence-electron chi connectivity index (χ4n) is 4.90. The van der Waals surface area contributed by atoms with Gasteiger partial charge in [-0.05, 0) is 94.1 Å². The van der Waals surface area contributed by atoms with Crippen LogP contribution in [0.5, 0.6) is 17.2 Å². The highest BCUT2D eigenvalue weighted by Gasteiger charge is 2.51. The average Bonchev–Trinajstić information content (AvgIpc) is 3.68. The molecule has 0 aromatic heterocycles. The van der Waals surface area contributed by atoms with E-state index >= 15 is 0 Å². The Morgan fingerprint density at radius 2 is 1.52 bits per heavy atom. The summed E-state index contributed by atoms with van der Waals surface area (Å²) in [6, 6.07) is 14.1. The number of halogens is 3. The van der Waals surface area contributed by atoms with Gasteiger partial charge < -0.3 is 25.2 Å². The fraction of sp³-hybridized carbons (Fsp3) is 0.333. The number of nitrogens with one attached hydrogen (secondary N) is 1. The molecule has 40 heavy (non-hydrogen) atoms. The molecule has 7 nitrogen and oxygen atoms in total. The summed E-state index contributed by atoms with van der Waals surface area (Å²) >= 11 is 0. The number of benzene rings is 3. The van der Waals surface area contributed by atoms with E-state index in [-0.39, 0.29) is 40.7 Å². The van der Waals surface area contributed by atoms with Gasteiger partial charge in [0.2, 0.25) is 5.91 Å². The molecule has 3 aromatic carbocycles. The van der Waals surface area contributed by atoms with E-state index in [0.29, 0.717) is 29.5 Å². The van der Waals surface area contributed by atoms with Crippen LogP contribution in [0.15, 0.2) is 60.7 Å². The topological polar surface area (TPSA) is 99.1 Å². The lowest BCUT2D eigenvalue weighted by atomic mass is 9.94. The number of hydrogen-bond acceptors (Lipinski definition) is 5. The molecule has 1 aliphatic carbocycles. The van der Waals surface area contributed by atoms with Crippen molar-refractivity contribution in [2.75, 3.05) is 5.32 Å². The highest BCUT2D eigenvalue weighted by molar-refractivity contribution is 6.02. The summed E-state index contributed by atoms with van der Waals surface area (Å²) in [5.41, 5.74) is 0.668. The monoisotopic (exact) mass is 556 g/mol. The van der Waals surface area contributed by atoms with Gasteiger partial charge >= 0.3 is 6.36 Å². The van der Waals surface area contributed by atoms with Crippen molar-refractivity contribution in [1.29, 1.82) is 0 Å². The predicted octanol–water partition coefficient (Wildman–Crippen LogP) is 6.59. The third-order valence-electron chi connectivity index (χ3n) is 6.97. The molecule has 0 atom stereocenters. The molecule has 1 aliphatic rings. The molecule has 1 fully saturated rings. The summed E-state index contributed by atoms with van der Waals surface area (Å²) in [7, 11) is 0. The summed E-state index contributed by atoms with van der Waals surface area (Å²) in [4.78, 5) is 28.0. The number of carbonyl (C=O) groups excluding carboxylic acids is 2. The quantitative estimate of drug-likeness (QED) is 0.272. The van der Waals surface area contributed by atoms with E-state index in [2.05, 4.69) is 10.1 Å². The molecule has 4 rings (SSSR count). The van der Waals surface area contributed by atoms with Crippen LogP contribution in [0.25, 0.3) is 11.1 Å². The third-order valence-corrected chi connectivity index (χ3v) is 6.97. The van der Waals surface area contributed by atoms with Crippen LogP contribution in [0, 0.1) is 0 Å². The van der Waals surface area contributed by atoms with E-state index < -0.39 is 23.4 Å². The van der Waals surface area contributed by atoms with Gasteiger partial charge in [-0.3, -0.25) is 9.59 Å². The molecule has 3 N–H and O–H groups in total. The van der Waals surface area contributed by atoms with Crippen molar-refractivity contribution < 1.29 is 37.7 Å². The largest absolute Gasteiger partial charge is 0.573 e. The molecule has 0 saturated heterocycles. The van der Waals surface area contributed by atoms with Gasteiger partial charge in [-0.15, -0.1) is 13.2 Å². The van der Waals surface area contributed by atoms with Crippen molar-refractivity contribution in [2.24, 2.45) is 0 Å². The number of ether oxygens (including phenoxy) is 1. The van der Waals surface area contributed by atoms with E-state index in [1.807, 2.05) is 27.7 Å². The minimum atomic E-state index is -4.94. The SMILES string of the molecule is CC(C)N(C(=O)c1ccc(-c2cc(NC(=O)C3(c4ccc(O)c(O)c4)CC3)ccc2OC(F)(F)F)cc1)C(C)C. The molecular weight excluding hydrogens is 525 g/mol. The number of alkyl halides is 3. The first-order valence-corrected chi connectivity index (χ1v) is 12.9. The van der Waals surface area contributed by atoms with Crippen LogP contribution >= 0.6 is 0 Å². The number of nitrogens with zero attached hydrogens (tertiary/aromatic N) is 1. The molecule has 10 heteroatoms. The van der Waals surface area contributed by atoms with Gasteiger partial charge in [-0.1, -0.05) is 18.2 Å². The average molecular weight is 557 g/mol. The summed E-state index contributed by atoms with van der Waals surface area (Å²) in [5.74, 6) is -1.70. The lowest BCUT2D eigenvalue weighted by molar-refractivity contribution is -0.274. The molecule has 212 valence electrons. The first kappa shape index (κ1) is 28.8. The maximum Gasteiger partial charge on any atom is 0.573 e. The van der Waals surface area contributed by atoms with Gasteiger partial charge in [0, 0.05) is 28.9 Å². The molecular formula is C30H31F3N2O5. The molecule has 1 saturated carbocycles. The van der Waals surface area contributed by atoms with Crippen molar-refractivity contribution in [3.8, 4) is 28.4 Å². The zero-order chi connectivity index (χ0) is 29.4. The summed E-state index contributed by atoms with van der Waals surface area (Å²) in [6.45, 7) is 7.62. The molecule has 0 heterocycles. The maximum absolute atomic E-state index is 13.2. The van der Waals surface area contributed by atoms with Crippen LogP contribution in [0.2, 0.25) is 0 Å². The molecule has 0 spiro atoms. The van der Waals surface area contributed by atoms with E-state index in [1.165, 1.54) is 36.4 Å². The molecule has 2 amide bonds. The number of carbonyl (C=O) groups is 2. The van der Waals surface area contributed by atoms with Gasteiger partial charge in [0.05, 0.1) is 5.41 Å². The lowest BCUT2D eigenvalue weighted by Crippen LogP contribution is -2.42. The van der Waals surface area contributed by atoms with E-state index in [4.69, 9.17) is 0 Å². The third kappa shape index (κ3) is 6.00. The summed E-state index contributed by atoms with van der Waals surface area (Å²) in [5, 5.41) is 22.3. The van der Waals surface area contributed by atoms with Crippen molar-refractivity contribution in [3.05, 3.63) is 71.8 Å². The predicted molar refractivity (Wildman–Crippen MR) is 144 cm³/mol. The number of anilines is 1. The number of phenolic OH excluding ortho intramolecular Hbond substituents is 2. The first-order valence-electron chi connectivity index (χ1n) is 12.9. The van der Waals surface area contributed by atoms with Gasteiger partial charge in [0.1, 0.15) is 5.75 Å². The highest BCUT2D eigenvalue weighted by Crippen LogP contribution is 2.50. The van der Waals surface area contributed by atoms with E-state index in [1.54, 1.807) is 23.1 Å². The van der Waals surface area contributed by atoms with Gasteiger partial charge in [0.15, 0.2) is 11.5 Å². The number of amides is 2. The number of phenols is 2. The minimum absolute atomic E-state index is 0.0421. The van der Waals surface area contributed by atoms with Crippen LogP contribution in [-0.2, 0) is 10.2 Å². The van der Waals surface area contributed by atoms with Gasteiger partial charge in [-0.25, -0.2) is 0 Å². The Balaban J connectivity index is 1.64. The second-order valence-electron chi connectivity index (χ2n) is 10.5. The zero-order valence-corrected chi connectivity index (χ0v) is 22.5. The number of aromatic hydroxyl groups is 2. The molecule has 3 aromatic rings. The van der Waals surface area contributed by atoms with E-state index in [0.717, 1.165) is 6.07 Å². The number of rotatable bonds is 8. The summed E-state index contributed by atoms with van der Waals surface area (Å²) in [6.07, 6.45) is -3.93. The smallest absolute Gasteiger partial charge is 0.504 e. The molecule has 0 radical (unpaired) electrons. The van der Waals surface area contributed by atoms with Crippen molar-refractivity contribution in [1.82, 2.24) is 4.90 Å². The molecule has 0 bridgehead atoms. The maximum atomic E-state index is 13.2. The van der Waals surface area contributed by atoms with Gasteiger partial charge in [0.25, 0.3) is 5.91 Å². The van der Waals surface area contributed by atoms with Crippen molar-refractivity contribution in [3.63, 3.8) is 0 Å². The second-order valence-corrected chi connectivity index (χ2v) is 10.5. The van der Waals surface area contributed by atoms with Crippen LogP contribution in [0.1, 0.15) is 56.5 Å². The van der Waals surface area contributed by atoms with E-state index in [9.17, 15) is 33.0 Å². The van der Waals surface area contributed by atoms with Crippen LogP contribution in [-0.4, -0.2) is 45.4 Å². The van der Waals surface area contributed by atoms with Crippen molar-refractivity contribution in [2.45, 2.75) is 64.4 Å². The Morgan fingerprint density at radius 1 is 0.900 bits per heavy atom. The fourth-order valence-corrected chi connectivity index (χ4v) is 4.90. The van der Waals surface area contributed by atoms with Crippen LogP contribution < -0.4 is 10.1 Å². The van der Waals surface area contributed by atoms with Crippen LogP contribution in [0.3, 0.4) is 0 Å². The lowest BCUT2D eigenvalue weighted by Gasteiger charge is -2.31. The second kappa shape index (κ2) is 10.7. The Hall–Kier alpha value is -4.21. The number of hydrogen-bond donors (Lipinski definition) is 3. The normalized spacial score (nSPS) is 14.2.